The molecule has 19 heteroatoms. The van der Waals surface area contributed by atoms with Gasteiger partial charge in [0.2, 0.25) is 0 Å². The maximum Gasteiger partial charge on any atom is 0.164 e. The second-order valence-corrected chi connectivity index (χ2v) is 23.8. The zero-order valence-corrected chi connectivity index (χ0v) is 51.5. The first-order valence-corrected chi connectivity index (χ1v) is 30.1. The number of carbonyl (C=O) groups excluding carboxylic acids is 5. The smallest absolute Gasteiger partial charge is 0.164 e. The molecule has 6 N–H and O–H groups in total. The van der Waals surface area contributed by atoms with Crippen molar-refractivity contribution in [1.29, 1.82) is 0 Å². The number of rotatable bonds is 11. The molecule has 0 radical (unpaired) electrons. The van der Waals surface area contributed by atoms with Crippen molar-refractivity contribution in [2.24, 2.45) is 0 Å². The van der Waals surface area contributed by atoms with Crippen molar-refractivity contribution >= 4 is 109 Å². The van der Waals surface area contributed by atoms with Gasteiger partial charge in [0.15, 0.2) is 28.9 Å². The van der Waals surface area contributed by atoms with Crippen LogP contribution in [-0.4, -0.2) is 59.6 Å². The lowest BCUT2D eigenvalue weighted by atomic mass is 10.0. The van der Waals surface area contributed by atoms with E-state index in [1.807, 2.05) is 75.4 Å². The highest BCUT2D eigenvalue weighted by molar-refractivity contribution is 7.15. The molecule has 10 aromatic rings. The molecular formula is C64H55Cl2FO11S5. The Balaban J connectivity index is 0.000000167. The maximum atomic E-state index is 12.7. The predicted molar refractivity (Wildman–Crippen MR) is 337 cm³/mol. The first-order valence-electron chi connectivity index (χ1n) is 25.0. The van der Waals surface area contributed by atoms with Gasteiger partial charge in [-0.1, -0.05) is 114 Å². The van der Waals surface area contributed by atoms with Gasteiger partial charge in [-0.2, -0.15) is 0 Å². The lowest BCUT2D eigenvalue weighted by molar-refractivity contribution is 0.100. The van der Waals surface area contributed by atoms with E-state index in [1.54, 1.807) is 69.4 Å². The Bertz CT molecular complexity index is 3860. The molecule has 10 rings (SSSR count). The highest BCUT2D eigenvalue weighted by Gasteiger charge is 2.20. The molecule has 0 fully saturated rings. The van der Waals surface area contributed by atoms with Crippen LogP contribution in [0.1, 0.15) is 109 Å². The van der Waals surface area contributed by atoms with Crippen LogP contribution in [0.4, 0.5) is 4.39 Å². The average molecular weight is 1250 g/mol. The van der Waals surface area contributed by atoms with E-state index in [0.717, 1.165) is 32.0 Å². The third-order valence-electron chi connectivity index (χ3n) is 12.5. The van der Waals surface area contributed by atoms with Gasteiger partial charge >= 0.3 is 0 Å². The largest absolute Gasteiger partial charge is 0.506 e. The number of carbonyl (C=O) groups is 5. The van der Waals surface area contributed by atoms with Crippen LogP contribution in [-0.2, 0) is 6.61 Å². The molecule has 0 saturated carbocycles. The molecule has 0 aliphatic carbocycles. The molecule has 0 bridgehead atoms. The SMILES string of the molecule is CC(=O)c1csc(-c2ccc(C)c(C)c2)c1O.CC(=O)c1csc(-c2ccc(C)cc2)c1O.CC(=O)c1csc(-c2ccc(CO)cc2)c1O.CC(=O)c1csc(-c2ccc(Cl)cc2Cl)c1O.CC(=O)c1csc(-c2ccc(F)cc2)c1O. The summed E-state index contributed by atoms with van der Waals surface area (Å²) in [5.41, 5.74) is 10.3. The number of aliphatic hydroxyl groups is 1. The van der Waals surface area contributed by atoms with Crippen molar-refractivity contribution in [3.05, 3.63) is 202 Å². The van der Waals surface area contributed by atoms with Crippen molar-refractivity contribution in [3.63, 3.8) is 0 Å². The van der Waals surface area contributed by atoms with Crippen LogP contribution in [0.25, 0.3) is 52.2 Å². The van der Waals surface area contributed by atoms with Gasteiger partial charge in [-0.05, 0) is 119 Å². The van der Waals surface area contributed by atoms with Gasteiger partial charge in [0, 0.05) is 37.5 Å². The van der Waals surface area contributed by atoms with Gasteiger partial charge in [-0.25, -0.2) is 4.39 Å². The highest BCUT2D eigenvalue weighted by Crippen LogP contribution is 2.44. The van der Waals surface area contributed by atoms with Crippen LogP contribution >= 0.6 is 79.9 Å². The summed E-state index contributed by atoms with van der Waals surface area (Å²) in [5.74, 6) is -0.830. The highest BCUT2D eigenvalue weighted by atomic mass is 35.5. The summed E-state index contributed by atoms with van der Waals surface area (Å²) in [6.07, 6.45) is 0. The fourth-order valence-corrected chi connectivity index (χ4v) is 13.3. The Morgan fingerprint density at radius 2 is 0.735 bits per heavy atom. The van der Waals surface area contributed by atoms with Crippen molar-refractivity contribution < 1.29 is 59.0 Å². The zero-order valence-electron chi connectivity index (χ0n) is 45.9. The fourth-order valence-electron chi connectivity index (χ4n) is 7.64. The summed E-state index contributed by atoms with van der Waals surface area (Å²) in [7, 11) is 0. The predicted octanol–water partition coefficient (Wildman–Crippen LogP) is 18.5. The standard InChI is InChI=1S/C14H14O2S.C13H12O3S.C13H12O2S.C12H8Cl2O2S.C12H9FO2S/c1-8-4-5-11(6-9(8)2)14-13(16)12(7-17-14)10(3)15;1-8(15)11-7-17-13(12(11)16)10-4-2-9(6-14)3-5-10;1-8-3-5-10(6-4-8)13-12(15)11(7-16-13)9(2)14;1-6(15)9-5-17-12(11(9)16)8-3-2-7(13)4-10(8)14;1-7(14)10-6-16-12(11(10)15)8-2-4-9(13)5-3-8/h4-7,16H,1-3H3;2-5,7,14,16H,6H2,1H3;3-7,15H,1-2H3;2-5,16H,1H3;2-6,15H,1H3. The molecule has 0 aliphatic rings. The lowest BCUT2D eigenvalue weighted by Crippen LogP contribution is -1.88. The Kier molecular flexibility index (Phi) is 22.6. The number of hydrogen-bond donors (Lipinski definition) is 6. The summed E-state index contributed by atoms with van der Waals surface area (Å²) in [6, 6.07) is 31.9. The molecule has 0 saturated heterocycles. The van der Waals surface area contributed by atoms with Crippen LogP contribution in [0.2, 0.25) is 10.0 Å². The summed E-state index contributed by atoms with van der Waals surface area (Å²) >= 11 is 18.5. The van der Waals surface area contributed by atoms with Gasteiger partial charge in [0.05, 0.1) is 63.8 Å². The second-order valence-electron chi connectivity index (χ2n) is 18.6. The van der Waals surface area contributed by atoms with Gasteiger partial charge in [-0.15, -0.1) is 56.7 Å². The number of aryl methyl sites for hydroxylation is 3. The van der Waals surface area contributed by atoms with E-state index in [1.165, 1.54) is 120 Å². The molecule has 5 aromatic heterocycles. The summed E-state index contributed by atoms with van der Waals surface area (Å²) < 4.78 is 12.7. The van der Waals surface area contributed by atoms with E-state index < -0.39 is 0 Å². The molecule has 0 amide bonds. The summed E-state index contributed by atoms with van der Waals surface area (Å²) in [4.78, 5) is 59.5. The van der Waals surface area contributed by atoms with E-state index in [0.29, 0.717) is 63.6 Å². The van der Waals surface area contributed by atoms with Crippen LogP contribution < -0.4 is 0 Å². The third-order valence-corrected chi connectivity index (χ3v) is 18.1. The minimum atomic E-state index is -0.327. The lowest BCUT2D eigenvalue weighted by Gasteiger charge is -2.04. The molecule has 83 heavy (non-hydrogen) atoms. The molecule has 428 valence electrons. The topological polar surface area (TPSA) is 207 Å². The summed E-state index contributed by atoms with van der Waals surface area (Å²) in [5, 5.41) is 67.8. The number of Topliss-reactive ketones (excluding diaryl/α,β-unsaturated/α-hetero) is 5. The number of aromatic hydroxyl groups is 5. The maximum absolute atomic E-state index is 12.7. The second kappa shape index (κ2) is 29.1. The Labute approximate surface area is 509 Å². The van der Waals surface area contributed by atoms with E-state index in [2.05, 4.69) is 0 Å². The minimum absolute atomic E-state index is 0.00456. The van der Waals surface area contributed by atoms with Crippen LogP contribution in [0.15, 0.2) is 136 Å². The average Bonchev–Trinajstić information content (AvgIpc) is 4.38. The molecule has 0 spiro atoms. The first kappa shape index (κ1) is 64.6. The molecule has 0 unspecified atom stereocenters. The normalized spacial score (nSPS) is 10.5. The molecule has 5 heterocycles. The van der Waals surface area contributed by atoms with Crippen LogP contribution in [0.3, 0.4) is 0 Å². The molecule has 11 nitrogen and oxygen atoms in total. The monoisotopic (exact) mass is 1250 g/mol. The number of hydrogen-bond acceptors (Lipinski definition) is 16. The molecular weight excluding hydrogens is 1190 g/mol. The summed E-state index contributed by atoms with van der Waals surface area (Å²) in [6.45, 7) is 13.3. The molecule has 0 atom stereocenters. The number of halogens is 3. The minimum Gasteiger partial charge on any atom is -0.506 e. The van der Waals surface area contributed by atoms with Crippen molar-refractivity contribution in [1.82, 2.24) is 0 Å². The number of aliphatic hydroxyl groups excluding tert-OH is 1. The van der Waals surface area contributed by atoms with E-state index in [4.69, 9.17) is 28.3 Å². The zero-order chi connectivity index (χ0) is 61.0. The number of benzene rings is 5. The van der Waals surface area contributed by atoms with Gasteiger partial charge in [0.1, 0.15) is 34.6 Å². The van der Waals surface area contributed by atoms with E-state index in [9.17, 15) is 53.9 Å². The Morgan fingerprint density at radius 1 is 0.410 bits per heavy atom. The van der Waals surface area contributed by atoms with Gasteiger partial charge in [-0.3, -0.25) is 24.0 Å². The van der Waals surface area contributed by atoms with Crippen LogP contribution in [0.5, 0.6) is 28.7 Å². The van der Waals surface area contributed by atoms with Gasteiger partial charge in [0.25, 0.3) is 0 Å². The van der Waals surface area contributed by atoms with E-state index in [-0.39, 0.29) is 70.1 Å². The Hall–Kier alpha value is -7.58. The van der Waals surface area contributed by atoms with Crippen LogP contribution in [0, 0.1) is 26.6 Å². The number of ketones is 5. The third kappa shape index (κ3) is 16.2. The van der Waals surface area contributed by atoms with Crippen molar-refractivity contribution in [2.75, 3.05) is 0 Å². The van der Waals surface area contributed by atoms with Gasteiger partial charge < -0.3 is 30.6 Å². The van der Waals surface area contributed by atoms with Crippen molar-refractivity contribution in [3.8, 4) is 81.0 Å². The first-order chi connectivity index (χ1) is 39.3. The quantitative estimate of drug-likeness (QED) is 0.0672. The molecule has 0 aliphatic heterocycles. The van der Waals surface area contributed by atoms with Crippen molar-refractivity contribution in [2.45, 2.75) is 62.0 Å². The Morgan fingerprint density at radius 3 is 1.07 bits per heavy atom. The number of thiophene rings is 5. The molecule has 5 aromatic carbocycles. The van der Waals surface area contributed by atoms with E-state index >= 15 is 0 Å². The fraction of sp³-hybridized carbons (Fsp3) is 0.141.